The van der Waals surface area contributed by atoms with Crippen LogP contribution >= 0.6 is 0 Å². The summed E-state index contributed by atoms with van der Waals surface area (Å²) < 4.78 is 33.2. The predicted molar refractivity (Wildman–Crippen MR) is 248 cm³/mol. The van der Waals surface area contributed by atoms with Gasteiger partial charge in [-0.15, -0.1) is 0 Å². The first-order valence-electron chi connectivity index (χ1n) is 25.9. The maximum atomic E-state index is 12.9. The van der Waals surface area contributed by atoms with Gasteiger partial charge in [0.25, 0.3) is 0 Å². The topological polar surface area (TPSA) is 174 Å². The van der Waals surface area contributed by atoms with Gasteiger partial charge in [-0.25, -0.2) is 0 Å². The number of rotatable bonds is 44. The van der Waals surface area contributed by atoms with Crippen LogP contribution in [0.15, 0.2) is 0 Å². The second kappa shape index (κ2) is 41.2. The molecule has 2 N–H and O–H groups in total. The van der Waals surface area contributed by atoms with E-state index in [9.17, 15) is 28.8 Å². The minimum absolute atomic E-state index is 0.00118. The van der Waals surface area contributed by atoms with Crippen molar-refractivity contribution in [3.8, 4) is 0 Å². The molecule has 0 saturated carbocycles. The molecule has 0 unspecified atom stereocenters. The number of hydrogen-bond acceptors (Lipinski definition) is 12. The number of hydrogen-bond donors (Lipinski definition) is 1. The maximum absolute atomic E-state index is 12.9. The Hall–Kier alpha value is -3.22. The van der Waals surface area contributed by atoms with Crippen molar-refractivity contribution in [3.63, 3.8) is 0 Å². The highest BCUT2D eigenvalue weighted by Gasteiger charge is 2.36. The van der Waals surface area contributed by atoms with Gasteiger partial charge in [-0.05, 0) is 25.7 Å². The monoisotopic (exact) mass is 911 g/mol. The van der Waals surface area contributed by atoms with Gasteiger partial charge >= 0.3 is 35.8 Å². The Morgan fingerprint density at radius 1 is 0.359 bits per heavy atom. The second-order valence-electron chi connectivity index (χ2n) is 18.3. The summed E-state index contributed by atoms with van der Waals surface area (Å²) in [6, 6.07) is 0.00236. The molecule has 0 aromatic heterocycles. The lowest BCUT2D eigenvalue weighted by Crippen LogP contribution is -3.05. The first kappa shape index (κ1) is 58.8. The molecule has 1 fully saturated rings. The third kappa shape index (κ3) is 35.1. The van der Waals surface area contributed by atoms with Crippen LogP contribution in [-0.4, -0.2) is 87.5 Å². The quantitative estimate of drug-likeness (QED) is 0.0349. The van der Waals surface area contributed by atoms with Crippen LogP contribution in [0.3, 0.4) is 0 Å². The molecule has 1 aliphatic heterocycles. The van der Waals surface area contributed by atoms with E-state index in [4.69, 9.17) is 28.4 Å². The maximum Gasteiger partial charge on any atom is 0.306 e. The van der Waals surface area contributed by atoms with Gasteiger partial charge in [0.05, 0.1) is 45.7 Å². The van der Waals surface area contributed by atoms with Crippen LogP contribution in [0, 0.1) is 11.8 Å². The molecule has 1 saturated heterocycles. The molecule has 1 heterocycles. The molecule has 13 heteroatoms. The number of carbonyl (C=O) groups excluding carboxylic acids is 6. The SMILES string of the molecule is CCCCCCCCC(=O)OCC(COC(=O)CCCCCCCC)CC(=O)OC[C@@H]1C[C@H](COC(=O)CC(COC(=O)CCCCCCCC)COC(=O)CCCCCCCC)[NH2+]1. The van der Waals surface area contributed by atoms with Gasteiger partial charge in [-0.3, -0.25) is 28.8 Å². The van der Waals surface area contributed by atoms with Gasteiger partial charge in [0.15, 0.2) is 0 Å². The molecule has 372 valence electrons. The van der Waals surface area contributed by atoms with E-state index in [0.717, 1.165) is 128 Å². The number of ether oxygens (including phenoxy) is 6. The van der Waals surface area contributed by atoms with Crippen molar-refractivity contribution in [3.05, 3.63) is 0 Å². The van der Waals surface area contributed by atoms with E-state index >= 15 is 0 Å². The van der Waals surface area contributed by atoms with Crippen molar-refractivity contribution in [2.45, 2.75) is 239 Å². The summed E-state index contributed by atoms with van der Waals surface area (Å²) in [5.41, 5.74) is 0. The number of quaternary nitrogens is 1. The number of unbranched alkanes of at least 4 members (excludes halogenated alkanes) is 20. The zero-order chi connectivity index (χ0) is 46.9. The third-order valence-electron chi connectivity index (χ3n) is 11.8. The molecule has 1 aliphatic rings. The summed E-state index contributed by atoms with van der Waals surface area (Å²) in [6.07, 6.45) is 27.2. The summed E-state index contributed by atoms with van der Waals surface area (Å²) in [5.74, 6) is -3.21. The summed E-state index contributed by atoms with van der Waals surface area (Å²) in [6.45, 7) is 8.90. The molecule has 0 radical (unpaired) electrons. The average Bonchev–Trinajstić information content (AvgIpc) is 3.26. The smallest absolute Gasteiger partial charge is 0.306 e. The fraction of sp³-hybridized carbons (Fsp3) is 0.882. The van der Waals surface area contributed by atoms with Crippen molar-refractivity contribution >= 4 is 35.8 Å². The molecular formula is C51H92NO12+. The zero-order valence-corrected chi connectivity index (χ0v) is 40.9. The van der Waals surface area contributed by atoms with E-state index < -0.39 is 23.8 Å². The molecular weight excluding hydrogens is 819 g/mol. The zero-order valence-electron chi connectivity index (χ0n) is 40.9. The Kier molecular flexibility index (Phi) is 37.9. The lowest BCUT2D eigenvalue weighted by atomic mass is 9.98. The minimum atomic E-state index is -0.511. The molecule has 64 heavy (non-hydrogen) atoms. The Morgan fingerprint density at radius 2 is 0.594 bits per heavy atom. The fourth-order valence-corrected chi connectivity index (χ4v) is 7.63. The van der Waals surface area contributed by atoms with Crippen LogP contribution < -0.4 is 5.32 Å². The summed E-state index contributed by atoms with van der Waals surface area (Å²) in [7, 11) is 0. The van der Waals surface area contributed by atoms with Gasteiger partial charge in [0, 0.05) is 37.5 Å². The largest absolute Gasteiger partial charge is 0.465 e. The molecule has 2 atom stereocenters. The van der Waals surface area contributed by atoms with Gasteiger partial charge in [-0.1, -0.05) is 156 Å². The third-order valence-corrected chi connectivity index (χ3v) is 11.8. The molecule has 0 spiro atoms. The van der Waals surface area contributed by atoms with E-state index in [2.05, 4.69) is 27.7 Å². The van der Waals surface area contributed by atoms with E-state index in [1.54, 1.807) is 0 Å². The van der Waals surface area contributed by atoms with E-state index in [1.165, 1.54) is 25.7 Å². The minimum Gasteiger partial charge on any atom is -0.465 e. The molecule has 0 aromatic rings. The van der Waals surface area contributed by atoms with Crippen molar-refractivity contribution in [2.24, 2.45) is 11.8 Å². The molecule has 1 rings (SSSR count). The molecule has 0 amide bonds. The normalized spacial score (nSPS) is 14.5. The Bertz CT molecular complexity index is 1070. The predicted octanol–water partition coefficient (Wildman–Crippen LogP) is 9.96. The van der Waals surface area contributed by atoms with Crippen LogP contribution in [0.2, 0.25) is 0 Å². The number of nitrogens with two attached hydrogens (primary N) is 1. The van der Waals surface area contributed by atoms with Crippen molar-refractivity contribution in [1.29, 1.82) is 0 Å². The van der Waals surface area contributed by atoms with Crippen LogP contribution in [0.5, 0.6) is 0 Å². The van der Waals surface area contributed by atoms with E-state index in [1.807, 2.05) is 5.32 Å². The number of esters is 6. The van der Waals surface area contributed by atoms with E-state index in [-0.39, 0.29) is 88.4 Å². The van der Waals surface area contributed by atoms with Gasteiger partial charge < -0.3 is 33.7 Å². The van der Waals surface area contributed by atoms with Gasteiger partial charge in [-0.2, -0.15) is 0 Å². The highest BCUT2D eigenvalue weighted by atomic mass is 16.6. The number of carbonyl (C=O) groups is 6. The van der Waals surface area contributed by atoms with Crippen molar-refractivity contribution in [1.82, 2.24) is 0 Å². The molecule has 0 aromatic carbocycles. The highest BCUT2D eigenvalue weighted by molar-refractivity contribution is 5.72. The van der Waals surface area contributed by atoms with Crippen molar-refractivity contribution < 1.29 is 62.5 Å². The average molecular weight is 911 g/mol. The van der Waals surface area contributed by atoms with Crippen LogP contribution in [0.25, 0.3) is 0 Å². The first-order valence-corrected chi connectivity index (χ1v) is 25.9. The van der Waals surface area contributed by atoms with Crippen LogP contribution in [0.1, 0.15) is 227 Å². The fourth-order valence-electron chi connectivity index (χ4n) is 7.63. The molecule has 0 aliphatic carbocycles. The lowest BCUT2D eigenvalue weighted by Gasteiger charge is -2.32. The van der Waals surface area contributed by atoms with E-state index in [0.29, 0.717) is 32.1 Å². The lowest BCUT2D eigenvalue weighted by molar-refractivity contribution is -0.780. The Balaban J connectivity index is 2.54. The standard InChI is InChI=1S/C51H91NO12/c1-5-9-13-17-21-25-29-46(53)59-36-42(37-60-47(54)30-26-22-18-14-10-6-2)33-50(57)63-40-44-35-45(52-44)41-64-51(58)34-43(38-61-48(55)31-27-23-19-15-11-7-3)39-62-49(56)32-28-24-20-16-12-8-4/h42-45,52H,5-41H2,1-4H3/p+1/t44-,45+. The highest BCUT2D eigenvalue weighted by Crippen LogP contribution is 2.16. The molecule has 0 bridgehead atoms. The first-order chi connectivity index (χ1) is 31.1. The Morgan fingerprint density at radius 3 is 0.844 bits per heavy atom. The van der Waals surface area contributed by atoms with Gasteiger partial charge in [0.1, 0.15) is 25.3 Å². The summed E-state index contributed by atoms with van der Waals surface area (Å²) in [4.78, 5) is 75.7. The van der Waals surface area contributed by atoms with Crippen LogP contribution in [0.4, 0.5) is 0 Å². The summed E-state index contributed by atoms with van der Waals surface area (Å²) in [5, 5.41) is 2.00. The molecule has 13 nitrogen and oxygen atoms in total. The van der Waals surface area contributed by atoms with Crippen molar-refractivity contribution in [2.75, 3.05) is 39.6 Å². The van der Waals surface area contributed by atoms with Crippen LogP contribution in [-0.2, 0) is 57.2 Å². The second-order valence-corrected chi connectivity index (χ2v) is 18.3. The summed E-state index contributed by atoms with van der Waals surface area (Å²) >= 11 is 0. The van der Waals surface area contributed by atoms with Gasteiger partial charge in [0.2, 0.25) is 0 Å². The Labute approximate surface area is 387 Å².